The number of hydrazone groups is 1. The van der Waals surface area contributed by atoms with E-state index >= 15 is 0 Å². The standard InChI is InChI=1S/C19H20BrN3O5/c1-3-26-19-14(20)6-12(7-17(19)25-2)9-22-23-18(24)10-21-13-4-5-15-16(8-13)28-11-27-15/h4-9,21H,3,10-11H2,1-2H3,(H,23,24)/b22-9+. The average molecular weight is 450 g/mol. The highest BCUT2D eigenvalue weighted by molar-refractivity contribution is 9.10. The van der Waals surface area contributed by atoms with Crippen molar-refractivity contribution in [3.05, 3.63) is 40.4 Å². The van der Waals surface area contributed by atoms with Crippen LogP contribution in [0.4, 0.5) is 5.69 Å². The number of halogens is 1. The molecule has 2 N–H and O–H groups in total. The average Bonchev–Trinajstić information content (AvgIpc) is 3.16. The number of amides is 1. The number of fused-ring (bicyclic) bond motifs is 1. The van der Waals surface area contributed by atoms with Crippen LogP contribution in [0.25, 0.3) is 0 Å². The van der Waals surface area contributed by atoms with Crippen LogP contribution in [-0.4, -0.2) is 39.2 Å². The quantitative estimate of drug-likeness (QED) is 0.475. The molecule has 3 rings (SSSR count). The van der Waals surface area contributed by atoms with Gasteiger partial charge < -0.3 is 24.3 Å². The van der Waals surface area contributed by atoms with E-state index in [1.54, 1.807) is 25.3 Å². The molecule has 0 aromatic heterocycles. The van der Waals surface area contributed by atoms with Gasteiger partial charge in [-0.3, -0.25) is 4.79 Å². The maximum atomic E-state index is 12.0. The van der Waals surface area contributed by atoms with Crippen molar-refractivity contribution in [2.45, 2.75) is 6.92 Å². The van der Waals surface area contributed by atoms with E-state index in [0.29, 0.717) is 29.6 Å². The summed E-state index contributed by atoms with van der Waals surface area (Å²) in [7, 11) is 1.56. The lowest BCUT2D eigenvalue weighted by Gasteiger charge is -2.12. The van der Waals surface area contributed by atoms with Crippen LogP contribution in [0, 0.1) is 0 Å². The fourth-order valence-electron chi connectivity index (χ4n) is 2.51. The number of carbonyl (C=O) groups is 1. The molecule has 28 heavy (non-hydrogen) atoms. The van der Waals surface area contributed by atoms with Crippen LogP contribution in [-0.2, 0) is 4.79 Å². The van der Waals surface area contributed by atoms with Gasteiger partial charge in [0.1, 0.15) is 0 Å². The third-order valence-corrected chi connectivity index (χ3v) is 4.36. The first kappa shape index (κ1) is 19.8. The molecule has 0 fully saturated rings. The lowest BCUT2D eigenvalue weighted by molar-refractivity contribution is -0.119. The summed E-state index contributed by atoms with van der Waals surface area (Å²) in [5.74, 6) is 2.26. The summed E-state index contributed by atoms with van der Waals surface area (Å²) in [6.45, 7) is 2.69. The van der Waals surface area contributed by atoms with E-state index in [9.17, 15) is 4.79 Å². The summed E-state index contributed by atoms with van der Waals surface area (Å²) in [4.78, 5) is 12.0. The van der Waals surface area contributed by atoms with Crippen molar-refractivity contribution in [2.75, 3.05) is 32.4 Å². The number of benzene rings is 2. The highest BCUT2D eigenvalue weighted by Crippen LogP contribution is 2.36. The van der Waals surface area contributed by atoms with Gasteiger partial charge in [0.25, 0.3) is 5.91 Å². The maximum Gasteiger partial charge on any atom is 0.259 e. The Bertz CT molecular complexity index is 888. The van der Waals surface area contributed by atoms with Crippen molar-refractivity contribution < 1.29 is 23.7 Å². The highest BCUT2D eigenvalue weighted by Gasteiger charge is 2.13. The third-order valence-electron chi connectivity index (χ3n) is 3.77. The third kappa shape index (κ3) is 4.86. The molecule has 0 atom stereocenters. The van der Waals surface area contributed by atoms with E-state index in [-0.39, 0.29) is 19.2 Å². The Hall–Kier alpha value is -2.94. The molecular weight excluding hydrogens is 430 g/mol. The Kier molecular flexibility index (Phi) is 6.59. The Labute approximate surface area is 170 Å². The lowest BCUT2D eigenvalue weighted by Crippen LogP contribution is -2.25. The minimum Gasteiger partial charge on any atom is -0.493 e. The van der Waals surface area contributed by atoms with E-state index in [2.05, 4.69) is 31.8 Å². The van der Waals surface area contributed by atoms with E-state index in [1.165, 1.54) is 6.21 Å². The second kappa shape index (κ2) is 9.32. The number of hydrogen-bond acceptors (Lipinski definition) is 7. The molecule has 0 radical (unpaired) electrons. The zero-order valence-electron chi connectivity index (χ0n) is 15.5. The van der Waals surface area contributed by atoms with E-state index in [1.807, 2.05) is 19.1 Å². The molecule has 1 heterocycles. The van der Waals surface area contributed by atoms with Crippen LogP contribution >= 0.6 is 15.9 Å². The highest BCUT2D eigenvalue weighted by atomic mass is 79.9. The van der Waals surface area contributed by atoms with Gasteiger partial charge in [0.2, 0.25) is 6.79 Å². The Morgan fingerprint density at radius 1 is 1.29 bits per heavy atom. The molecule has 9 heteroatoms. The summed E-state index contributed by atoms with van der Waals surface area (Å²) >= 11 is 3.45. The van der Waals surface area contributed by atoms with Gasteiger partial charge in [0.05, 0.1) is 30.9 Å². The Balaban J connectivity index is 1.54. The topological polar surface area (TPSA) is 90.4 Å². The fraction of sp³-hybridized carbons (Fsp3) is 0.263. The molecule has 0 unspecified atom stereocenters. The van der Waals surface area contributed by atoms with Crippen LogP contribution in [0.1, 0.15) is 12.5 Å². The number of rotatable bonds is 8. The number of hydrogen-bond donors (Lipinski definition) is 2. The van der Waals surface area contributed by atoms with Crippen LogP contribution in [0.3, 0.4) is 0 Å². The Morgan fingerprint density at radius 2 is 2.11 bits per heavy atom. The molecule has 0 spiro atoms. The van der Waals surface area contributed by atoms with E-state index in [0.717, 1.165) is 15.7 Å². The zero-order valence-corrected chi connectivity index (χ0v) is 17.0. The van der Waals surface area contributed by atoms with E-state index < -0.39 is 0 Å². The van der Waals surface area contributed by atoms with Gasteiger partial charge in [-0.1, -0.05) is 0 Å². The van der Waals surface area contributed by atoms with Crippen molar-refractivity contribution in [3.63, 3.8) is 0 Å². The predicted molar refractivity (Wildman–Crippen MR) is 109 cm³/mol. The molecule has 2 aromatic rings. The van der Waals surface area contributed by atoms with Gasteiger partial charge >= 0.3 is 0 Å². The molecule has 8 nitrogen and oxygen atoms in total. The van der Waals surface area contributed by atoms with Crippen molar-refractivity contribution in [1.82, 2.24) is 5.43 Å². The molecule has 148 valence electrons. The molecule has 2 aromatic carbocycles. The fourth-order valence-corrected chi connectivity index (χ4v) is 3.08. The molecule has 1 aliphatic rings. The zero-order chi connectivity index (χ0) is 19.9. The van der Waals surface area contributed by atoms with Crippen LogP contribution in [0.5, 0.6) is 23.0 Å². The second-order valence-electron chi connectivity index (χ2n) is 5.68. The number of nitrogens with one attached hydrogen (secondary N) is 2. The number of nitrogens with zero attached hydrogens (tertiary/aromatic N) is 1. The summed E-state index contributed by atoms with van der Waals surface area (Å²) < 4.78 is 22.2. The summed E-state index contributed by atoms with van der Waals surface area (Å²) in [5.41, 5.74) is 3.97. The predicted octanol–water partition coefficient (Wildman–Crippen LogP) is 3.15. The monoisotopic (exact) mass is 449 g/mol. The molecule has 0 saturated carbocycles. The van der Waals surface area contributed by atoms with Crippen molar-refractivity contribution in [1.29, 1.82) is 0 Å². The summed E-state index contributed by atoms with van der Waals surface area (Å²) in [6.07, 6.45) is 1.53. The smallest absolute Gasteiger partial charge is 0.259 e. The molecule has 1 amide bonds. The molecule has 0 aliphatic carbocycles. The van der Waals surface area contributed by atoms with Crippen LogP contribution < -0.4 is 29.7 Å². The number of carbonyl (C=O) groups excluding carboxylic acids is 1. The van der Waals surface area contributed by atoms with Crippen molar-refractivity contribution >= 4 is 33.7 Å². The molecule has 0 bridgehead atoms. The SMILES string of the molecule is CCOc1c(Br)cc(/C=N/NC(=O)CNc2ccc3c(c2)OCO3)cc1OC. The van der Waals surface area contributed by atoms with Gasteiger partial charge in [-0.05, 0) is 52.7 Å². The van der Waals surface area contributed by atoms with Gasteiger partial charge in [-0.2, -0.15) is 5.10 Å². The summed E-state index contributed by atoms with van der Waals surface area (Å²) in [6, 6.07) is 8.98. The minimum absolute atomic E-state index is 0.0628. The van der Waals surface area contributed by atoms with Crippen molar-refractivity contribution in [2.24, 2.45) is 5.10 Å². The van der Waals surface area contributed by atoms with Crippen molar-refractivity contribution in [3.8, 4) is 23.0 Å². The van der Waals surface area contributed by atoms with Gasteiger partial charge in [-0.25, -0.2) is 5.43 Å². The molecular formula is C19H20BrN3O5. The molecule has 0 saturated heterocycles. The number of anilines is 1. The first-order chi connectivity index (χ1) is 13.6. The normalized spacial score (nSPS) is 12.1. The first-order valence-corrected chi connectivity index (χ1v) is 9.35. The second-order valence-corrected chi connectivity index (χ2v) is 6.54. The largest absolute Gasteiger partial charge is 0.493 e. The Morgan fingerprint density at radius 3 is 2.89 bits per heavy atom. The first-order valence-electron chi connectivity index (χ1n) is 8.56. The molecule has 1 aliphatic heterocycles. The van der Waals surface area contributed by atoms with Gasteiger partial charge in [-0.15, -0.1) is 0 Å². The van der Waals surface area contributed by atoms with Crippen LogP contribution in [0.15, 0.2) is 39.9 Å². The number of ether oxygens (including phenoxy) is 4. The summed E-state index contributed by atoms with van der Waals surface area (Å²) in [5, 5.41) is 6.98. The maximum absolute atomic E-state index is 12.0. The minimum atomic E-state index is -0.286. The van der Waals surface area contributed by atoms with E-state index in [4.69, 9.17) is 18.9 Å². The van der Waals surface area contributed by atoms with Gasteiger partial charge in [0, 0.05) is 11.8 Å². The number of methoxy groups -OCH3 is 1. The van der Waals surface area contributed by atoms with Gasteiger partial charge in [0.15, 0.2) is 23.0 Å². The lowest BCUT2D eigenvalue weighted by atomic mass is 10.2. The van der Waals surface area contributed by atoms with Crippen LogP contribution in [0.2, 0.25) is 0 Å².